The fourth-order valence-corrected chi connectivity index (χ4v) is 3.53. The molecule has 0 bridgehead atoms. The molecule has 5 nitrogen and oxygen atoms in total. The van der Waals surface area contributed by atoms with E-state index in [1.54, 1.807) is 13.8 Å². The van der Waals surface area contributed by atoms with Gasteiger partial charge in [-0.1, -0.05) is 176 Å². The van der Waals surface area contributed by atoms with Gasteiger partial charge in [0.1, 0.15) is 0 Å². The molecule has 39 heavy (non-hydrogen) atoms. The number of hydrogen-bond acceptors (Lipinski definition) is 5. The summed E-state index contributed by atoms with van der Waals surface area (Å²) in [5.74, 6) is -1.19. The number of carboxylic acids is 1. The van der Waals surface area contributed by atoms with Crippen molar-refractivity contribution in [1.82, 2.24) is 0 Å². The number of aliphatic carboxylic acids is 1. The second kappa shape index (κ2) is 47.6. The fourth-order valence-electron chi connectivity index (χ4n) is 3.53. The van der Waals surface area contributed by atoms with Gasteiger partial charge in [-0.2, -0.15) is 0 Å². The molecule has 0 rings (SSSR count). The van der Waals surface area contributed by atoms with Crippen molar-refractivity contribution >= 4 is 5.97 Å². The van der Waals surface area contributed by atoms with E-state index < -0.39 is 12.1 Å². The van der Waals surface area contributed by atoms with Crippen LogP contribution in [0.5, 0.6) is 0 Å². The number of carboxylic acid groups (broad SMARTS) is 1. The summed E-state index contributed by atoms with van der Waals surface area (Å²) in [5.41, 5.74) is 0.0648. The molecule has 232 valence electrons. The molecular formula is C33H66O5Ti. The van der Waals surface area contributed by atoms with E-state index in [0.717, 1.165) is 25.7 Å². The van der Waals surface area contributed by atoms with Crippen LogP contribution in [0.2, 0.25) is 0 Å². The Morgan fingerprint density at radius 2 is 0.718 bits per heavy atom. The molecule has 0 atom stereocenters. The number of carbonyl (C=O) groups excluding carboxylic acids is 1. The zero-order chi connectivity index (χ0) is 29.7. The van der Waals surface area contributed by atoms with Gasteiger partial charge in [0.15, 0.2) is 0 Å². The van der Waals surface area contributed by atoms with Gasteiger partial charge >= 0.3 is 21.7 Å². The molecule has 6 heteroatoms. The van der Waals surface area contributed by atoms with Crippen LogP contribution in [0.4, 0.5) is 0 Å². The summed E-state index contributed by atoms with van der Waals surface area (Å²) < 4.78 is 0. The summed E-state index contributed by atoms with van der Waals surface area (Å²) in [6, 6.07) is 0. The van der Waals surface area contributed by atoms with Gasteiger partial charge in [0.25, 0.3) is 0 Å². The van der Waals surface area contributed by atoms with Gasteiger partial charge in [-0.25, -0.2) is 0 Å². The summed E-state index contributed by atoms with van der Waals surface area (Å²) in [6.07, 6.45) is 28.5. The molecule has 0 saturated carbocycles. The standard InChI is InChI=1S/C14H29O.C12H25O.C4H6O2.C3H7O.Ti/c1-2-3-4-5-6-7-8-9-10-11-12-13-14-15;1-2-3-4-5-6-7-8-9-10-11-12-13;1-3(2)4(5)6;1-3(2)4;/h2-14H2,1H3;2-12H2,1H3;1H2,2H3,(H,5,6);3H,1-2H3;/q2*-1;;-1;+4/p-1. The number of carbonyl (C=O) groups is 1. The maximum Gasteiger partial charge on any atom is 4.00 e. The maximum absolute atomic E-state index is 10.2. The minimum Gasteiger partial charge on any atom is -0.854 e. The Balaban J connectivity index is -0.000000145. The molecule has 0 saturated heterocycles. The van der Waals surface area contributed by atoms with E-state index >= 15 is 0 Å². The predicted molar refractivity (Wildman–Crippen MR) is 158 cm³/mol. The molecule has 0 radical (unpaired) electrons. The molecule has 0 aromatic carbocycles. The smallest absolute Gasteiger partial charge is 0.854 e. The molecule has 0 unspecified atom stereocenters. The zero-order valence-electron chi connectivity index (χ0n) is 26.8. The van der Waals surface area contributed by atoms with E-state index in [0.29, 0.717) is 0 Å². The molecule has 0 aliphatic carbocycles. The number of hydrogen-bond donors (Lipinski definition) is 0. The van der Waals surface area contributed by atoms with Crippen LogP contribution in [-0.2, 0) is 26.5 Å². The van der Waals surface area contributed by atoms with Crippen LogP contribution in [0, 0.1) is 0 Å². The first-order chi connectivity index (χ1) is 18.2. The van der Waals surface area contributed by atoms with E-state index in [1.165, 1.54) is 122 Å². The van der Waals surface area contributed by atoms with Gasteiger partial charge in [-0.05, 0) is 12.5 Å². The van der Waals surface area contributed by atoms with Crippen molar-refractivity contribution in [3.8, 4) is 0 Å². The van der Waals surface area contributed by atoms with Gasteiger partial charge in [0.2, 0.25) is 0 Å². The first-order valence-corrected chi connectivity index (χ1v) is 15.9. The minimum absolute atomic E-state index is 0. The Labute approximate surface area is 259 Å². The van der Waals surface area contributed by atoms with E-state index in [4.69, 9.17) is 0 Å². The van der Waals surface area contributed by atoms with Crippen molar-refractivity contribution in [3.63, 3.8) is 0 Å². The molecule has 0 amide bonds. The monoisotopic (exact) mass is 590 g/mol. The van der Waals surface area contributed by atoms with Crippen LogP contribution in [-0.4, -0.2) is 25.3 Å². The largest absolute Gasteiger partial charge is 4.00 e. The van der Waals surface area contributed by atoms with Crippen molar-refractivity contribution in [2.75, 3.05) is 13.2 Å². The molecule has 0 aliphatic rings. The normalized spacial score (nSPS) is 9.77. The summed E-state index contributed by atoms with van der Waals surface area (Å²) in [7, 11) is 0. The third-order valence-electron chi connectivity index (χ3n) is 5.84. The topological polar surface area (TPSA) is 109 Å². The van der Waals surface area contributed by atoms with Crippen LogP contribution in [0.15, 0.2) is 12.2 Å². The molecule has 0 aromatic heterocycles. The third-order valence-corrected chi connectivity index (χ3v) is 5.84. The van der Waals surface area contributed by atoms with Gasteiger partial charge < -0.3 is 25.2 Å². The van der Waals surface area contributed by atoms with E-state index in [1.807, 2.05) is 0 Å². The Hall–Kier alpha value is -0.196. The summed E-state index contributed by atoms with van der Waals surface area (Å²) in [4.78, 5) is 9.49. The van der Waals surface area contributed by atoms with E-state index in [-0.39, 0.29) is 40.5 Å². The zero-order valence-corrected chi connectivity index (χ0v) is 28.4. The van der Waals surface area contributed by atoms with Crippen molar-refractivity contribution in [3.05, 3.63) is 12.2 Å². The van der Waals surface area contributed by atoms with E-state index in [2.05, 4.69) is 20.4 Å². The molecule has 0 fully saturated rings. The fraction of sp³-hybridized carbons (Fsp3) is 0.909. The molecule has 0 aromatic rings. The SMILES string of the molecule is C=C(C)C(=O)[O-].CC(C)[O-].CCCCCCCCCCCCCC[O-].CCCCCCCCCCCC[O-].[Ti+4]. The number of rotatable bonds is 23. The second-order valence-electron chi connectivity index (χ2n) is 10.6. The van der Waals surface area contributed by atoms with Gasteiger partial charge in [-0.3, -0.25) is 0 Å². The Morgan fingerprint density at radius 3 is 0.846 bits per heavy atom. The van der Waals surface area contributed by atoms with Crippen LogP contribution in [0.1, 0.15) is 176 Å². The molecule has 0 heterocycles. The van der Waals surface area contributed by atoms with Crippen LogP contribution in [0.25, 0.3) is 0 Å². The van der Waals surface area contributed by atoms with Crippen LogP contribution >= 0.6 is 0 Å². The van der Waals surface area contributed by atoms with E-state index in [9.17, 15) is 25.2 Å². The number of unbranched alkanes of at least 4 members (excludes halogenated alkanes) is 20. The van der Waals surface area contributed by atoms with Crippen molar-refractivity contribution in [2.24, 2.45) is 0 Å². The van der Waals surface area contributed by atoms with Crippen LogP contribution in [0.3, 0.4) is 0 Å². The van der Waals surface area contributed by atoms with Gasteiger partial charge in [-0.15, -0.1) is 19.3 Å². The van der Waals surface area contributed by atoms with Crippen molar-refractivity contribution in [2.45, 2.75) is 182 Å². The predicted octanol–water partition coefficient (Wildman–Crippen LogP) is 6.38. The quantitative estimate of drug-likeness (QED) is 0.0779. The average Bonchev–Trinajstić information content (AvgIpc) is 2.87. The summed E-state index contributed by atoms with van der Waals surface area (Å²) in [5, 5.41) is 39.3. The van der Waals surface area contributed by atoms with Crippen molar-refractivity contribution < 1.29 is 46.9 Å². The average molecular weight is 591 g/mol. The van der Waals surface area contributed by atoms with Crippen molar-refractivity contribution in [1.29, 1.82) is 0 Å². The minimum atomic E-state index is -1.19. The Morgan fingerprint density at radius 1 is 0.564 bits per heavy atom. The molecule has 0 aliphatic heterocycles. The summed E-state index contributed by atoms with van der Waals surface area (Å²) >= 11 is 0. The third kappa shape index (κ3) is 72.8. The second-order valence-corrected chi connectivity index (χ2v) is 10.6. The first-order valence-electron chi connectivity index (χ1n) is 15.9. The van der Waals surface area contributed by atoms with Gasteiger partial charge in [0, 0.05) is 0 Å². The molecular weight excluding hydrogens is 524 g/mol. The molecule has 0 N–H and O–H groups in total. The molecule has 0 spiro atoms. The summed E-state index contributed by atoms with van der Waals surface area (Å²) in [6.45, 7) is 12.5. The van der Waals surface area contributed by atoms with Gasteiger partial charge in [0.05, 0.1) is 5.97 Å². The first kappa shape index (κ1) is 48.5. The Kier molecular flexibility index (Phi) is 59.2. The van der Waals surface area contributed by atoms with Crippen LogP contribution < -0.4 is 20.4 Å². The Bertz CT molecular complexity index is 394. The maximum atomic E-state index is 10.2.